The molecule has 1 saturated heterocycles. The predicted molar refractivity (Wildman–Crippen MR) is 69.0 cm³/mol. The molecule has 0 aromatic carbocycles. The molecule has 1 fully saturated rings. The van der Waals surface area contributed by atoms with Crippen LogP contribution in [0.15, 0.2) is 17.1 Å². The molecule has 2 rings (SSSR count). The minimum atomic E-state index is 0.437. The van der Waals surface area contributed by atoms with Crippen LogP contribution in [0.25, 0.3) is 0 Å². The topological polar surface area (TPSA) is 83.0 Å². The van der Waals surface area contributed by atoms with E-state index in [1.165, 1.54) is 24.9 Å². The van der Waals surface area contributed by atoms with Gasteiger partial charge in [0.05, 0.1) is 0 Å². The van der Waals surface area contributed by atoms with E-state index in [4.69, 9.17) is 11.1 Å². The zero-order chi connectivity index (χ0) is 12.3. The van der Waals surface area contributed by atoms with E-state index in [2.05, 4.69) is 28.0 Å². The maximum Gasteiger partial charge on any atom is 0.280 e. The van der Waals surface area contributed by atoms with E-state index in [0.29, 0.717) is 11.8 Å². The van der Waals surface area contributed by atoms with Crippen molar-refractivity contribution in [3.05, 3.63) is 23.5 Å². The molecule has 0 spiro atoms. The van der Waals surface area contributed by atoms with Crippen molar-refractivity contribution in [2.24, 2.45) is 10.7 Å². The molecule has 5 heteroatoms. The summed E-state index contributed by atoms with van der Waals surface area (Å²) >= 11 is 0. The highest BCUT2D eigenvalue weighted by Gasteiger charge is 2.20. The van der Waals surface area contributed by atoms with Gasteiger partial charge in [-0.05, 0) is 50.1 Å². The van der Waals surface area contributed by atoms with Gasteiger partial charge in [-0.1, -0.05) is 0 Å². The maximum atomic E-state index is 5.77. The first kappa shape index (κ1) is 11.9. The number of hydrogen-bond acceptors (Lipinski definition) is 1. The standard InChI is InChI=1S/C12H19N5/c1-17-6-4-9(5-7-17)10-2-3-11(16-10)12(14)15-8-13/h2-3,8-9,16H,4-7H2,1H3,(H3,13,14,15)/p+1. The number of H-pyrrole nitrogens is 1. The highest BCUT2D eigenvalue weighted by molar-refractivity contribution is 5.99. The monoisotopic (exact) mass is 234 g/mol. The van der Waals surface area contributed by atoms with Gasteiger partial charge in [0.1, 0.15) is 5.69 Å². The van der Waals surface area contributed by atoms with E-state index < -0.39 is 0 Å². The number of nitrogens with zero attached hydrogens (tertiary/aromatic N) is 2. The van der Waals surface area contributed by atoms with Crippen LogP contribution in [0.2, 0.25) is 0 Å². The molecule has 0 aliphatic carbocycles. The van der Waals surface area contributed by atoms with Crippen molar-refractivity contribution < 1.29 is 5.41 Å². The van der Waals surface area contributed by atoms with Gasteiger partial charge in [0, 0.05) is 11.6 Å². The fraction of sp³-hybridized carbons (Fsp3) is 0.500. The Hall–Kier alpha value is -1.62. The number of rotatable bonds is 3. The maximum absolute atomic E-state index is 5.77. The number of aromatic nitrogens is 1. The number of aliphatic imine (C=N–C) groups is 1. The summed E-state index contributed by atoms with van der Waals surface area (Å²) in [7, 11) is 2.16. The van der Waals surface area contributed by atoms with Crippen LogP contribution >= 0.6 is 0 Å². The molecule has 92 valence electrons. The number of aromatic amines is 1. The molecule has 1 aliphatic heterocycles. The van der Waals surface area contributed by atoms with Crippen LogP contribution in [-0.4, -0.2) is 42.2 Å². The summed E-state index contributed by atoms with van der Waals surface area (Å²) in [6.45, 7) is 2.30. The van der Waals surface area contributed by atoms with E-state index in [-0.39, 0.29) is 0 Å². The van der Waals surface area contributed by atoms with Crippen LogP contribution in [0.3, 0.4) is 0 Å². The Kier molecular flexibility index (Phi) is 3.58. The number of piperidine rings is 1. The van der Waals surface area contributed by atoms with Crippen molar-refractivity contribution in [1.82, 2.24) is 9.88 Å². The van der Waals surface area contributed by atoms with Crippen LogP contribution in [0.1, 0.15) is 30.1 Å². The lowest BCUT2D eigenvalue weighted by Crippen LogP contribution is -2.30. The molecule has 1 aromatic heterocycles. The Bertz CT molecular complexity index is 412. The second-order valence-electron chi connectivity index (χ2n) is 4.57. The molecular weight excluding hydrogens is 214 g/mol. The molecule has 0 bridgehead atoms. The van der Waals surface area contributed by atoms with Crippen molar-refractivity contribution in [1.29, 1.82) is 0 Å². The average Bonchev–Trinajstić information content (AvgIpc) is 2.80. The molecular formula is C12H20N5+. The zero-order valence-electron chi connectivity index (χ0n) is 10.2. The average molecular weight is 234 g/mol. The third-order valence-corrected chi connectivity index (χ3v) is 3.36. The summed E-state index contributed by atoms with van der Waals surface area (Å²) in [6, 6.07) is 4.07. The first-order valence-electron chi connectivity index (χ1n) is 5.95. The van der Waals surface area contributed by atoms with Gasteiger partial charge >= 0.3 is 0 Å². The van der Waals surface area contributed by atoms with Crippen molar-refractivity contribution in [3.8, 4) is 0 Å². The lowest BCUT2D eigenvalue weighted by atomic mass is 9.94. The Morgan fingerprint density at radius 3 is 2.88 bits per heavy atom. The van der Waals surface area contributed by atoms with Gasteiger partial charge in [-0.25, -0.2) is 0 Å². The van der Waals surface area contributed by atoms with Crippen molar-refractivity contribution in [2.75, 3.05) is 20.1 Å². The van der Waals surface area contributed by atoms with E-state index in [9.17, 15) is 0 Å². The summed E-state index contributed by atoms with van der Waals surface area (Å²) in [5.41, 5.74) is 7.87. The summed E-state index contributed by atoms with van der Waals surface area (Å²) in [6.07, 6.45) is 3.60. The van der Waals surface area contributed by atoms with Gasteiger partial charge in [0.25, 0.3) is 12.2 Å². The number of hydrogen-bond donors (Lipinski definition) is 3. The number of amidine groups is 1. The molecule has 0 radical (unpaired) electrons. The lowest BCUT2D eigenvalue weighted by Gasteiger charge is -2.28. The van der Waals surface area contributed by atoms with Gasteiger partial charge in [-0.3, -0.25) is 5.41 Å². The van der Waals surface area contributed by atoms with Crippen LogP contribution < -0.4 is 11.1 Å². The fourth-order valence-corrected chi connectivity index (χ4v) is 2.27. The summed E-state index contributed by atoms with van der Waals surface area (Å²) in [4.78, 5) is 9.57. The Morgan fingerprint density at radius 1 is 1.53 bits per heavy atom. The normalized spacial score (nSPS) is 19.5. The van der Waals surface area contributed by atoms with E-state index in [0.717, 1.165) is 18.8 Å². The molecule has 5 N–H and O–H groups in total. The second kappa shape index (κ2) is 5.14. The van der Waals surface area contributed by atoms with Crippen LogP contribution in [0.5, 0.6) is 0 Å². The Morgan fingerprint density at radius 2 is 2.24 bits per heavy atom. The fourth-order valence-electron chi connectivity index (χ4n) is 2.27. The summed E-state index contributed by atoms with van der Waals surface area (Å²) in [5.74, 6) is 1.04. The Labute approximate surface area is 101 Å². The first-order valence-corrected chi connectivity index (χ1v) is 5.95. The third kappa shape index (κ3) is 2.74. The van der Waals surface area contributed by atoms with Crippen molar-refractivity contribution >= 4 is 12.2 Å². The molecule has 5 nitrogen and oxygen atoms in total. The minimum absolute atomic E-state index is 0.437. The molecule has 1 aromatic rings. The number of likely N-dealkylation sites (tertiary alicyclic amines) is 1. The molecule has 0 saturated carbocycles. The smallest absolute Gasteiger partial charge is 0.280 e. The van der Waals surface area contributed by atoms with Gasteiger partial charge in [-0.15, -0.1) is 0 Å². The third-order valence-electron chi connectivity index (χ3n) is 3.36. The first-order chi connectivity index (χ1) is 8.20. The summed E-state index contributed by atoms with van der Waals surface area (Å²) < 4.78 is 0. The van der Waals surface area contributed by atoms with Gasteiger partial charge in [0.15, 0.2) is 0 Å². The molecule has 17 heavy (non-hydrogen) atoms. The molecule has 0 atom stereocenters. The highest BCUT2D eigenvalue weighted by atomic mass is 15.1. The quantitative estimate of drug-likeness (QED) is 0.478. The highest BCUT2D eigenvalue weighted by Crippen LogP contribution is 2.26. The van der Waals surface area contributed by atoms with E-state index in [1.807, 2.05) is 6.07 Å². The number of nitrogens with two attached hydrogens (primary N) is 2. The van der Waals surface area contributed by atoms with Crippen LogP contribution in [-0.2, 0) is 0 Å². The summed E-state index contributed by atoms with van der Waals surface area (Å²) in [5, 5.41) is 5.22. The van der Waals surface area contributed by atoms with Gasteiger partial charge in [-0.2, -0.15) is 0 Å². The zero-order valence-corrected chi connectivity index (χ0v) is 10.2. The van der Waals surface area contributed by atoms with Crippen molar-refractivity contribution in [3.63, 3.8) is 0 Å². The second-order valence-corrected chi connectivity index (χ2v) is 4.57. The van der Waals surface area contributed by atoms with Crippen molar-refractivity contribution in [2.45, 2.75) is 18.8 Å². The number of nitrogens with one attached hydrogen (secondary N) is 1. The molecule has 1 aliphatic rings. The van der Waals surface area contributed by atoms with Crippen LogP contribution in [0, 0.1) is 0 Å². The largest absolute Gasteiger partial charge is 0.361 e. The van der Waals surface area contributed by atoms with E-state index >= 15 is 0 Å². The molecule has 2 heterocycles. The molecule has 0 unspecified atom stereocenters. The lowest BCUT2D eigenvalue weighted by molar-refractivity contribution is -0.106. The van der Waals surface area contributed by atoms with Gasteiger partial charge in [0.2, 0.25) is 0 Å². The van der Waals surface area contributed by atoms with Gasteiger partial charge < -0.3 is 15.6 Å². The predicted octanol–water partition coefficient (Wildman–Crippen LogP) is -0.683. The van der Waals surface area contributed by atoms with Crippen LogP contribution in [0.4, 0.5) is 0 Å². The SMILES string of the molecule is CN1CCC(c2ccc(C(N)=NC=[NH2+])[nH]2)CC1. The Balaban J connectivity index is 2.08. The van der Waals surface area contributed by atoms with E-state index in [1.54, 1.807) is 0 Å². The molecule has 0 amide bonds. The minimum Gasteiger partial charge on any atom is -0.361 e.